The quantitative estimate of drug-likeness (QED) is 0.852. The predicted molar refractivity (Wildman–Crippen MR) is 89.5 cm³/mol. The van der Waals surface area contributed by atoms with Gasteiger partial charge in [0, 0.05) is 18.2 Å². The van der Waals surface area contributed by atoms with E-state index in [1.54, 1.807) is 31.2 Å². The summed E-state index contributed by atoms with van der Waals surface area (Å²) in [7, 11) is 0. The number of amides is 2. The highest BCUT2D eigenvalue weighted by atomic mass is 32.2. The summed E-state index contributed by atoms with van der Waals surface area (Å²) in [4.78, 5) is 36.1. The molecule has 1 aromatic carbocycles. The van der Waals surface area contributed by atoms with Crippen molar-refractivity contribution >= 4 is 35.0 Å². The zero-order valence-electron chi connectivity index (χ0n) is 12.7. The molecule has 1 N–H and O–H groups in total. The smallest absolute Gasteiger partial charge is 0.335 e. The number of aromatic carboxylic acids is 1. The lowest BCUT2D eigenvalue weighted by Crippen LogP contribution is -2.27. The van der Waals surface area contributed by atoms with Gasteiger partial charge in [0.25, 0.3) is 11.1 Å². The van der Waals surface area contributed by atoms with Crippen molar-refractivity contribution < 1.29 is 23.9 Å². The summed E-state index contributed by atoms with van der Waals surface area (Å²) in [5, 5.41) is 8.61. The molecule has 7 heteroatoms. The number of benzene rings is 1. The van der Waals surface area contributed by atoms with E-state index < -0.39 is 5.97 Å². The normalized spacial score (nSPS) is 16.2. The molecule has 0 spiro atoms. The number of thioether (sulfide) groups is 1. The van der Waals surface area contributed by atoms with Gasteiger partial charge >= 0.3 is 5.97 Å². The van der Waals surface area contributed by atoms with E-state index >= 15 is 0 Å². The Morgan fingerprint density at radius 1 is 1.21 bits per heavy atom. The fourth-order valence-electron chi connectivity index (χ4n) is 2.26. The van der Waals surface area contributed by atoms with Crippen LogP contribution in [0.15, 0.2) is 45.7 Å². The molecule has 1 fully saturated rings. The van der Waals surface area contributed by atoms with E-state index in [0.717, 1.165) is 17.3 Å². The van der Waals surface area contributed by atoms with Crippen LogP contribution in [0.3, 0.4) is 0 Å². The minimum atomic E-state index is -0.992. The fourth-order valence-corrected chi connectivity index (χ4v) is 3.15. The van der Waals surface area contributed by atoms with Crippen molar-refractivity contribution in [3.63, 3.8) is 0 Å². The Morgan fingerprint density at radius 2 is 1.92 bits per heavy atom. The van der Waals surface area contributed by atoms with E-state index in [2.05, 4.69) is 0 Å². The fraction of sp³-hybridized carbons (Fsp3) is 0.118. The largest absolute Gasteiger partial charge is 0.478 e. The number of imide groups is 1. The molecule has 1 aliphatic rings. The van der Waals surface area contributed by atoms with Crippen LogP contribution in [0, 0.1) is 0 Å². The maximum atomic E-state index is 12.0. The number of nitrogens with zero attached hydrogens (tertiary/aromatic N) is 1. The highest BCUT2D eigenvalue weighted by Crippen LogP contribution is 2.33. The summed E-state index contributed by atoms with van der Waals surface area (Å²) in [6.07, 6.45) is 1.54. The van der Waals surface area contributed by atoms with Gasteiger partial charge in [-0.25, -0.2) is 4.79 Å². The average Bonchev–Trinajstić information content (AvgIpc) is 3.13. The molecule has 0 radical (unpaired) electrons. The molecule has 1 aromatic heterocycles. The maximum absolute atomic E-state index is 12.0. The molecular formula is C17H13NO5S. The first-order valence-corrected chi connectivity index (χ1v) is 8.00. The summed E-state index contributed by atoms with van der Waals surface area (Å²) >= 11 is 0.885. The van der Waals surface area contributed by atoms with Crippen molar-refractivity contribution in [2.75, 3.05) is 6.54 Å². The molecule has 0 bridgehead atoms. The molecule has 2 amide bonds. The van der Waals surface area contributed by atoms with E-state index in [-0.39, 0.29) is 16.7 Å². The van der Waals surface area contributed by atoms with E-state index in [0.29, 0.717) is 23.0 Å². The van der Waals surface area contributed by atoms with E-state index in [4.69, 9.17) is 9.52 Å². The van der Waals surface area contributed by atoms with Crippen LogP contribution in [-0.2, 0) is 4.79 Å². The number of hydrogen-bond donors (Lipinski definition) is 1. The highest BCUT2D eigenvalue weighted by Gasteiger charge is 2.33. The van der Waals surface area contributed by atoms with Gasteiger partial charge in [0.05, 0.1) is 10.5 Å². The van der Waals surface area contributed by atoms with Crippen LogP contribution in [0.25, 0.3) is 17.4 Å². The van der Waals surface area contributed by atoms with E-state index in [1.165, 1.54) is 23.1 Å². The first kappa shape index (κ1) is 16.1. The van der Waals surface area contributed by atoms with Crippen LogP contribution in [0.5, 0.6) is 0 Å². The number of likely N-dealkylation sites (N-methyl/N-ethyl adjacent to an activating group) is 1. The molecule has 24 heavy (non-hydrogen) atoms. The maximum Gasteiger partial charge on any atom is 0.335 e. The topological polar surface area (TPSA) is 87.8 Å². The summed E-state index contributed by atoms with van der Waals surface area (Å²) < 4.78 is 5.67. The van der Waals surface area contributed by atoms with Crippen LogP contribution >= 0.6 is 11.8 Å². The third-order valence-corrected chi connectivity index (χ3v) is 4.41. The Bertz CT molecular complexity index is 850. The molecule has 2 heterocycles. The zero-order chi connectivity index (χ0) is 17.3. The number of rotatable bonds is 4. The lowest BCUT2D eigenvalue weighted by molar-refractivity contribution is -0.122. The average molecular weight is 343 g/mol. The third kappa shape index (κ3) is 2.98. The summed E-state index contributed by atoms with van der Waals surface area (Å²) in [6, 6.07) is 9.71. The zero-order valence-corrected chi connectivity index (χ0v) is 13.5. The van der Waals surface area contributed by atoms with Crippen molar-refractivity contribution in [2.24, 2.45) is 0 Å². The van der Waals surface area contributed by atoms with Gasteiger partial charge in [-0.15, -0.1) is 0 Å². The van der Waals surface area contributed by atoms with Gasteiger partial charge in [-0.1, -0.05) is 12.1 Å². The second-order valence-electron chi connectivity index (χ2n) is 5.01. The van der Waals surface area contributed by atoms with Crippen molar-refractivity contribution in [3.8, 4) is 11.3 Å². The Morgan fingerprint density at radius 3 is 2.50 bits per heavy atom. The number of furan rings is 1. The SMILES string of the molecule is CCN1C(=O)S/C(=C/c2ccc(-c3ccc(C(=O)O)cc3)o2)C1=O. The van der Waals surface area contributed by atoms with Crippen LogP contribution in [0.4, 0.5) is 4.79 Å². The molecule has 6 nitrogen and oxygen atoms in total. The van der Waals surface area contributed by atoms with Crippen molar-refractivity contribution in [3.05, 3.63) is 52.6 Å². The molecule has 122 valence electrons. The summed E-state index contributed by atoms with van der Waals surface area (Å²) in [5.41, 5.74) is 0.917. The highest BCUT2D eigenvalue weighted by molar-refractivity contribution is 8.18. The van der Waals surface area contributed by atoms with Crippen molar-refractivity contribution in [1.29, 1.82) is 0 Å². The molecule has 0 unspecified atom stereocenters. The van der Waals surface area contributed by atoms with E-state index in [9.17, 15) is 14.4 Å². The Labute approximate surface area is 141 Å². The molecular weight excluding hydrogens is 330 g/mol. The van der Waals surface area contributed by atoms with Gasteiger partial charge < -0.3 is 9.52 Å². The first-order chi connectivity index (χ1) is 11.5. The van der Waals surface area contributed by atoms with Crippen LogP contribution < -0.4 is 0 Å². The Hall–Kier alpha value is -2.80. The predicted octanol–water partition coefficient (Wildman–Crippen LogP) is 3.70. The van der Waals surface area contributed by atoms with Gasteiger partial charge in [-0.3, -0.25) is 14.5 Å². The molecule has 1 saturated heterocycles. The van der Waals surface area contributed by atoms with Gasteiger partial charge in [0.1, 0.15) is 11.5 Å². The Balaban J connectivity index is 1.83. The Kier molecular flexibility index (Phi) is 4.26. The van der Waals surface area contributed by atoms with Gasteiger partial charge in [-0.2, -0.15) is 0 Å². The minimum absolute atomic E-state index is 0.193. The number of carboxylic acid groups (broad SMARTS) is 1. The summed E-state index contributed by atoms with van der Waals surface area (Å²) in [6.45, 7) is 2.08. The standard InChI is InChI=1S/C17H13NO5S/c1-2-18-15(19)14(24-17(18)22)9-12-7-8-13(23-12)10-3-5-11(6-4-10)16(20)21/h3-9H,2H2,1H3,(H,20,21)/b14-9+. The van der Waals surface area contributed by atoms with Crippen molar-refractivity contribution in [2.45, 2.75) is 6.92 Å². The molecule has 0 aliphatic carbocycles. The van der Waals surface area contributed by atoms with Crippen LogP contribution in [0.1, 0.15) is 23.0 Å². The third-order valence-electron chi connectivity index (χ3n) is 3.51. The molecule has 3 rings (SSSR count). The van der Waals surface area contributed by atoms with Crippen LogP contribution in [-0.4, -0.2) is 33.7 Å². The van der Waals surface area contributed by atoms with Gasteiger partial charge in [0.2, 0.25) is 0 Å². The van der Waals surface area contributed by atoms with E-state index in [1.807, 2.05) is 0 Å². The lowest BCUT2D eigenvalue weighted by atomic mass is 10.1. The number of carbonyl (C=O) groups excluding carboxylic acids is 2. The number of hydrogen-bond acceptors (Lipinski definition) is 5. The lowest BCUT2D eigenvalue weighted by Gasteiger charge is -2.06. The minimum Gasteiger partial charge on any atom is -0.478 e. The first-order valence-electron chi connectivity index (χ1n) is 7.18. The van der Waals surface area contributed by atoms with Gasteiger partial charge in [-0.05, 0) is 43.0 Å². The van der Waals surface area contributed by atoms with Gasteiger partial charge in [0.15, 0.2) is 0 Å². The number of carbonyl (C=O) groups is 3. The molecule has 0 saturated carbocycles. The monoisotopic (exact) mass is 343 g/mol. The molecule has 2 aromatic rings. The number of carboxylic acids is 1. The second kappa shape index (κ2) is 6.37. The molecule has 0 atom stereocenters. The van der Waals surface area contributed by atoms with Crippen molar-refractivity contribution in [1.82, 2.24) is 4.90 Å². The summed E-state index contributed by atoms with van der Waals surface area (Å²) in [5.74, 6) is -0.314. The second-order valence-corrected chi connectivity index (χ2v) is 6.00. The van der Waals surface area contributed by atoms with Crippen LogP contribution in [0.2, 0.25) is 0 Å². The molecule has 1 aliphatic heterocycles.